The van der Waals surface area contributed by atoms with Gasteiger partial charge in [0.15, 0.2) is 13.9 Å². The Bertz CT molecular complexity index is 1610. The van der Waals surface area contributed by atoms with E-state index in [-0.39, 0.29) is 42.6 Å². The van der Waals surface area contributed by atoms with E-state index in [0.29, 0.717) is 24.1 Å². The van der Waals surface area contributed by atoms with Crippen molar-refractivity contribution in [1.82, 2.24) is 0 Å². The minimum atomic E-state index is -2.89. The minimum absolute atomic E-state index is 0.0216. The van der Waals surface area contributed by atoms with Crippen LogP contribution in [0.1, 0.15) is 36.5 Å². The quantitative estimate of drug-likeness (QED) is 0.223. The summed E-state index contributed by atoms with van der Waals surface area (Å²) in [7, 11) is -2.89. The van der Waals surface area contributed by atoms with E-state index in [4.69, 9.17) is 4.74 Å². The van der Waals surface area contributed by atoms with E-state index in [9.17, 15) is 29.6 Å². The number of nitrogens with zero attached hydrogens (tertiary/aromatic N) is 3. The molecule has 224 valence electrons. The molecule has 0 aromatic heterocycles. The normalized spacial score (nSPS) is 24.9. The number of para-hydroxylation sites is 1. The highest BCUT2D eigenvalue weighted by atomic mass is 28.4. The molecule has 3 aromatic rings. The Hall–Kier alpha value is -3.90. The molecule has 2 amide bonds. The highest BCUT2D eigenvalue weighted by Crippen LogP contribution is 2.60. The van der Waals surface area contributed by atoms with E-state index >= 15 is 0 Å². The molecule has 0 radical (unpaired) electrons. The lowest BCUT2D eigenvalue weighted by molar-refractivity contribution is -0.385. The highest BCUT2D eigenvalue weighted by Gasteiger charge is 2.66. The predicted octanol–water partition coefficient (Wildman–Crippen LogP) is 4.93. The first-order chi connectivity index (χ1) is 20.5. The molecule has 0 unspecified atom stereocenters. The lowest BCUT2D eigenvalue weighted by Crippen LogP contribution is -2.46. The summed E-state index contributed by atoms with van der Waals surface area (Å²) in [5.41, 5.74) is 2.41. The standard InChI is InChI=1S/C32H35N3O7Si/c1-20-30(43(2,3)41)28(16-17-36)42-32(20)25-18-24(35(39)40)13-14-27(25)33(31(32)38)19-21-8-11-23(12-9-21)34-26-7-5-4-6-22(26)10-15-29(34)37/h4-9,11-14,18,20,28,30,36,41H,10,15-17,19H2,1-3H3/t20-,28+,30-,32+/m0/s1. The number of aliphatic hydroxyl groups excluding tert-OH is 1. The van der Waals surface area contributed by atoms with E-state index in [0.717, 1.165) is 22.5 Å². The number of carbonyl (C=O) groups is 2. The molecule has 6 rings (SSSR count). The number of amides is 2. The first-order valence-electron chi connectivity index (χ1n) is 14.6. The molecule has 3 aliphatic heterocycles. The first kappa shape index (κ1) is 29.2. The fraction of sp³-hybridized carbons (Fsp3) is 0.375. The van der Waals surface area contributed by atoms with Crippen LogP contribution in [-0.4, -0.2) is 47.7 Å². The lowest BCUT2D eigenvalue weighted by atomic mass is 9.82. The van der Waals surface area contributed by atoms with E-state index < -0.39 is 30.9 Å². The van der Waals surface area contributed by atoms with Crippen LogP contribution in [0.2, 0.25) is 18.6 Å². The van der Waals surface area contributed by atoms with Crippen molar-refractivity contribution < 1.29 is 29.2 Å². The molecular weight excluding hydrogens is 566 g/mol. The van der Waals surface area contributed by atoms with Gasteiger partial charge in [0.05, 0.1) is 28.9 Å². The van der Waals surface area contributed by atoms with Crippen molar-refractivity contribution in [2.45, 2.75) is 63.1 Å². The Balaban J connectivity index is 1.37. The van der Waals surface area contributed by atoms with Crippen LogP contribution in [0.25, 0.3) is 0 Å². The van der Waals surface area contributed by atoms with E-state index in [2.05, 4.69) is 0 Å². The highest BCUT2D eigenvalue weighted by molar-refractivity contribution is 6.71. The number of anilines is 3. The van der Waals surface area contributed by atoms with Gasteiger partial charge in [-0.3, -0.25) is 24.6 Å². The van der Waals surface area contributed by atoms with Gasteiger partial charge in [-0.15, -0.1) is 0 Å². The zero-order chi connectivity index (χ0) is 30.7. The number of nitro groups is 1. The van der Waals surface area contributed by atoms with Crippen LogP contribution in [0.15, 0.2) is 66.7 Å². The van der Waals surface area contributed by atoms with E-state index in [1.807, 2.05) is 55.5 Å². The van der Waals surface area contributed by atoms with Gasteiger partial charge in [-0.05, 0) is 61.3 Å². The van der Waals surface area contributed by atoms with Gasteiger partial charge in [-0.25, -0.2) is 0 Å². The summed E-state index contributed by atoms with van der Waals surface area (Å²) in [6.07, 6.45) is 0.796. The molecule has 1 fully saturated rings. The van der Waals surface area contributed by atoms with Crippen LogP contribution < -0.4 is 9.80 Å². The maximum Gasteiger partial charge on any atom is 0.269 e. The Labute approximate surface area is 250 Å². The molecule has 0 bridgehead atoms. The average molecular weight is 602 g/mol. The second-order valence-corrected chi connectivity index (χ2v) is 16.2. The fourth-order valence-corrected chi connectivity index (χ4v) is 9.98. The molecule has 11 heteroatoms. The molecule has 2 N–H and O–H groups in total. The van der Waals surface area contributed by atoms with Crippen LogP contribution in [0, 0.1) is 16.0 Å². The van der Waals surface area contributed by atoms with Crippen LogP contribution in [0.5, 0.6) is 0 Å². The van der Waals surface area contributed by atoms with Gasteiger partial charge in [0.1, 0.15) is 0 Å². The van der Waals surface area contributed by atoms with Crippen LogP contribution in [0.3, 0.4) is 0 Å². The fourth-order valence-electron chi connectivity index (χ4n) is 7.38. The molecule has 3 aromatic carbocycles. The number of fused-ring (bicyclic) bond motifs is 3. The molecule has 1 saturated heterocycles. The summed E-state index contributed by atoms with van der Waals surface area (Å²) in [4.78, 5) is 53.2. The zero-order valence-electron chi connectivity index (χ0n) is 24.4. The second kappa shape index (κ2) is 10.7. The predicted molar refractivity (Wildman–Crippen MR) is 164 cm³/mol. The van der Waals surface area contributed by atoms with Gasteiger partial charge in [0, 0.05) is 47.9 Å². The van der Waals surface area contributed by atoms with Crippen molar-refractivity contribution in [1.29, 1.82) is 0 Å². The maximum atomic E-state index is 14.4. The van der Waals surface area contributed by atoms with Crippen LogP contribution >= 0.6 is 0 Å². The van der Waals surface area contributed by atoms with Gasteiger partial charge in [0.2, 0.25) is 5.91 Å². The Morgan fingerprint density at radius 1 is 1.05 bits per heavy atom. The van der Waals surface area contributed by atoms with Crippen molar-refractivity contribution in [2.24, 2.45) is 5.92 Å². The average Bonchev–Trinajstić information content (AvgIpc) is 3.40. The summed E-state index contributed by atoms with van der Waals surface area (Å²) in [6, 6.07) is 19.7. The van der Waals surface area contributed by atoms with Crippen molar-refractivity contribution in [3.05, 3.63) is 93.5 Å². The first-order valence-corrected chi connectivity index (χ1v) is 17.6. The summed E-state index contributed by atoms with van der Waals surface area (Å²) >= 11 is 0. The molecule has 3 heterocycles. The third-order valence-electron chi connectivity index (χ3n) is 9.22. The van der Waals surface area contributed by atoms with Crippen molar-refractivity contribution in [3.8, 4) is 0 Å². The third-order valence-corrected chi connectivity index (χ3v) is 11.7. The third kappa shape index (κ3) is 4.67. The number of aliphatic hydroxyl groups is 1. The molecule has 10 nitrogen and oxygen atoms in total. The van der Waals surface area contributed by atoms with Crippen LogP contribution in [-0.2, 0) is 32.9 Å². The minimum Gasteiger partial charge on any atom is -0.432 e. The van der Waals surface area contributed by atoms with Gasteiger partial charge in [0.25, 0.3) is 11.6 Å². The summed E-state index contributed by atoms with van der Waals surface area (Å²) < 4.78 is 6.54. The largest absolute Gasteiger partial charge is 0.432 e. The lowest BCUT2D eigenvalue weighted by Gasteiger charge is -2.32. The Kier molecular flexibility index (Phi) is 7.24. The van der Waals surface area contributed by atoms with Gasteiger partial charge in [-0.2, -0.15) is 0 Å². The van der Waals surface area contributed by atoms with Crippen molar-refractivity contribution in [3.63, 3.8) is 0 Å². The van der Waals surface area contributed by atoms with E-state index in [1.165, 1.54) is 12.1 Å². The number of non-ortho nitro benzene ring substituents is 1. The number of carbonyl (C=O) groups excluding carboxylic acids is 2. The number of hydrogen-bond donors (Lipinski definition) is 2. The topological polar surface area (TPSA) is 133 Å². The van der Waals surface area contributed by atoms with Crippen LogP contribution in [0.4, 0.5) is 22.7 Å². The second-order valence-electron chi connectivity index (χ2n) is 12.2. The SMILES string of the molecule is C[C@H]1[C@H]([Si](C)(C)O)[C@@H](CCO)O[C@]12C(=O)N(Cc1ccc(N3C(=O)CCc4ccccc43)cc1)c1ccc([N+](=O)[O-])cc12. The van der Waals surface area contributed by atoms with Gasteiger partial charge >= 0.3 is 0 Å². The number of hydrogen-bond acceptors (Lipinski definition) is 7. The molecule has 3 aliphatic rings. The number of aryl methyl sites for hydroxylation is 1. The summed E-state index contributed by atoms with van der Waals surface area (Å²) in [5.74, 6) is -0.807. The number of ether oxygens (including phenoxy) is 1. The zero-order valence-corrected chi connectivity index (χ0v) is 25.4. The van der Waals surface area contributed by atoms with Crippen molar-refractivity contribution >= 4 is 42.9 Å². The summed E-state index contributed by atoms with van der Waals surface area (Å²) in [6.45, 7) is 5.45. The maximum absolute atomic E-state index is 14.4. The smallest absolute Gasteiger partial charge is 0.269 e. The Morgan fingerprint density at radius 2 is 1.77 bits per heavy atom. The Morgan fingerprint density at radius 3 is 2.44 bits per heavy atom. The molecule has 0 saturated carbocycles. The molecule has 43 heavy (non-hydrogen) atoms. The molecule has 1 spiro atoms. The number of rotatable bonds is 7. The molecule has 0 aliphatic carbocycles. The summed E-state index contributed by atoms with van der Waals surface area (Å²) in [5, 5.41) is 21.5. The monoisotopic (exact) mass is 601 g/mol. The molecule has 4 atom stereocenters. The molecular formula is C32H35N3O7Si. The van der Waals surface area contributed by atoms with Gasteiger partial charge < -0.3 is 19.5 Å². The van der Waals surface area contributed by atoms with E-state index in [1.54, 1.807) is 29.0 Å². The number of benzene rings is 3. The van der Waals surface area contributed by atoms with Crippen molar-refractivity contribution in [2.75, 3.05) is 16.4 Å². The number of nitro benzene ring substituents is 1. The van der Waals surface area contributed by atoms with Gasteiger partial charge in [-0.1, -0.05) is 37.3 Å².